The number of unbranched alkanes of at least 4 members (excludes halogenated alkanes) is 1. The van der Waals surface area contributed by atoms with Gasteiger partial charge in [0.1, 0.15) is 11.6 Å². The van der Waals surface area contributed by atoms with Crippen molar-refractivity contribution in [1.29, 1.82) is 0 Å². The maximum absolute atomic E-state index is 12.9. The van der Waals surface area contributed by atoms with Crippen molar-refractivity contribution in [3.63, 3.8) is 0 Å². The van der Waals surface area contributed by atoms with Crippen LogP contribution in [0.1, 0.15) is 53.0 Å². The van der Waals surface area contributed by atoms with Gasteiger partial charge >= 0.3 is 12.3 Å². The molecule has 0 amide bonds. The van der Waals surface area contributed by atoms with Gasteiger partial charge in [0, 0.05) is 42.4 Å². The number of carboxylic acids is 1. The zero-order valence-electron chi connectivity index (χ0n) is 24.8. The average Bonchev–Trinajstić information content (AvgIpc) is 3.40. The van der Waals surface area contributed by atoms with Crippen molar-refractivity contribution in [2.75, 3.05) is 0 Å². The Balaban J connectivity index is 1.57. The second-order valence-corrected chi connectivity index (χ2v) is 10.7. The number of benzene rings is 4. The van der Waals surface area contributed by atoms with E-state index >= 15 is 0 Å². The topological polar surface area (TPSA) is 76.4 Å². The molecule has 0 aliphatic rings. The summed E-state index contributed by atoms with van der Waals surface area (Å²) in [5, 5.41) is 12.9. The minimum absolute atomic E-state index is 0.191. The number of aromatic nitrogens is 2. The summed E-state index contributed by atoms with van der Waals surface area (Å²) < 4.78 is 45.1. The van der Waals surface area contributed by atoms with Crippen LogP contribution >= 0.6 is 0 Å². The lowest BCUT2D eigenvalue weighted by molar-refractivity contribution is -0.274. The van der Waals surface area contributed by atoms with Gasteiger partial charge in [-0.15, -0.1) is 13.2 Å². The van der Waals surface area contributed by atoms with E-state index in [0.29, 0.717) is 13.0 Å². The van der Waals surface area contributed by atoms with Crippen molar-refractivity contribution in [2.45, 2.75) is 51.7 Å². The first-order chi connectivity index (χ1) is 21.7. The molecule has 2 N–H and O–H groups in total. The van der Waals surface area contributed by atoms with Crippen LogP contribution in [0.4, 0.5) is 13.2 Å². The summed E-state index contributed by atoms with van der Waals surface area (Å²) in [5.74, 6) is -0.440. The molecule has 1 heterocycles. The SMILES string of the molecule is CCCCn1c(-c2ccccc2)nc(-c2ccccc2)c1CC(NCc1ccc(C(=O)O)cc1)c1ccc(OC(F)(F)F)cc1. The number of nitrogens with one attached hydrogen (secondary N) is 1. The van der Waals surface area contributed by atoms with E-state index in [9.17, 15) is 23.1 Å². The smallest absolute Gasteiger partial charge is 0.478 e. The summed E-state index contributed by atoms with van der Waals surface area (Å²) in [4.78, 5) is 16.5. The fourth-order valence-electron chi connectivity index (χ4n) is 5.29. The van der Waals surface area contributed by atoms with Crippen molar-refractivity contribution < 1.29 is 27.8 Å². The number of imidazole rings is 1. The standard InChI is InChI=1S/C36H34F3N3O3/c1-2-3-22-42-32(33(27-10-6-4-7-11-27)41-34(42)28-12-8-5-9-13-28)23-31(26-18-20-30(21-19-26)45-36(37,38)39)40-24-25-14-16-29(17-15-25)35(43)44/h4-21,31,40H,2-3,22-24H2,1H3,(H,43,44). The number of carbonyl (C=O) groups is 1. The second-order valence-electron chi connectivity index (χ2n) is 10.7. The van der Waals surface area contributed by atoms with Gasteiger partial charge in [0.25, 0.3) is 0 Å². The van der Waals surface area contributed by atoms with Crippen molar-refractivity contribution in [1.82, 2.24) is 14.9 Å². The third-order valence-electron chi connectivity index (χ3n) is 7.55. The highest BCUT2D eigenvalue weighted by Crippen LogP contribution is 2.34. The second kappa shape index (κ2) is 14.3. The fraction of sp³-hybridized carbons (Fsp3) is 0.222. The number of halogens is 3. The Kier molecular flexibility index (Phi) is 9.99. The number of ether oxygens (including phenoxy) is 1. The van der Waals surface area contributed by atoms with E-state index in [1.165, 1.54) is 12.1 Å². The van der Waals surface area contributed by atoms with Crippen molar-refractivity contribution >= 4 is 5.97 Å². The number of nitrogens with zero attached hydrogens (tertiary/aromatic N) is 2. The maximum atomic E-state index is 12.9. The summed E-state index contributed by atoms with van der Waals surface area (Å²) in [6.45, 7) is 3.29. The molecule has 0 radical (unpaired) electrons. The summed E-state index contributed by atoms with van der Waals surface area (Å²) in [6.07, 6.45) is -2.37. The van der Waals surface area contributed by atoms with E-state index in [2.05, 4.69) is 21.5 Å². The summed E-state index contributed by atoms with van der Waals surface area (Å²) in [5.41, 5.74) is 5.65. The van der Waals surface area contributed by atoms with Crippen LogP contribution in [0, 0.1) is 0 Å². The van der Waals surface area contributed by atoms with Gasteiger partial charge in [-0.05, 0) is 41.8 Å². The minimum atomic E-state index is -4.79. The predicted molar refractivity (Wildman–Crippen MR) is 168 cm³/mol. The van der Waals surface area contributed by atoms with Gasteiger partial charge in [0.15, 0.2) is 0 Å². The largest absolute Gasteiger partial charge is 0.573 e. The van der Waals surface area contributed by atoms with E-state index in [1.54, 1.807) is 36.4 Å². The van der Waals surface area contributed by atoms with Crippen LogP contribution in [0.2, 0.25) is 0 Å². The molecule has 0 saturated heterocycles. The maximum Gasteiger partial charge on any atom is 0.573 e. The molecule has 1 atom stereocenters. The van der Waals surface area contributed by atoms with E-state index in [0.717, 1.165) is 58.9 Å². The van der Waals surface area contributed by atoms with Gasteiger partial charge in [-0.1, -0.05) is 98.3 Å². The molecular weight excluding hydrogens is 579 g/mol. The third-order valence-corrected chi connectivity index (χ3v) is 7.55. The van der Waals surface area contributed by atoms with E-state index in [-0.39, 0.29) is 17.4 Å². The van der Waals surface area contributed by atoms with Crippen LogP contribution in [-0.4, -0.2) is 27.0 Å². The zero-order valence-corrected chi connectivity index (χ0v) is 24.8. The van der Waals surface area contributed by atoms with Crippen molar-refractivity contribution in [3.05, 3.63) is 132 Å². The molecule has 5 rings (SSSR count). The molecular formula is C36H34F3N3O3. The van der Waals surface area contributed by atoms with Crippen LogP contribution in [0.15, 0.2) is 109 Å². The predicted octanol–water partition coefficient (Wildman–Crippen LogP) is 8.69. The van der Waals surface area contributed by atoms with Crippen LogP contribution < -0.4 is 10.1 Å². The molecule has 0 bridgehead atoms. The quantitative estimate of drug-likeness (QED) is 0.139. The molecule has 0 spiro atoms. The molecule has 45 heavy (non-hydrogen) atoms. The Labute approximate surface area is 260 Å². The average molecular weight is 614 g/mol. The fourth-order valence-corrected chi connectivity index (χ4v) is 5.29. The van der Waals surface area contributed by atoms with Gasteiger partial charge < -0.3 is 19.7 Å². The van der Waals surface area contributed by atoms with Gasteiger partial charge in [0.2, 0.25) is 0 Å². The van der Waals surface area contributed by atoms with Crippen LogP contribution in [-0.2, 0) is 19.5 Å². The Morgan fingerprint density at radius 1 is 0.889 bits per heavy atom. The Morgan fingerprint density at radius 2 is 1.51 bits per heavy atom. The molecule has 232 valence electrons. The Morgan fingerprint density at radius 3 is 2.09 bits per heavy atom. The van der Waals surface area contributed by atoms with Crippen LogP contribution in [0.5, 0.6) is 5.75 Å². The number of hydrogen-bond acceptors (Lipinski definition) is 4. The first kappa shape index (κ1) is 31.5. The first-order valence-electron chi connectivity index (χ1n) is 14.8. The molecule has 6 nitrogen and oxygen atoms in total. The summed E-state index contributed by atoms with van der Waals surface area (Å²) in [6, 6.07) is 32.2. The lowest BCUT2D eigenvalue weighted by Gasteiger charge is -2.22. The molecule has 0 saturated carbocycles. The molecule has 1 unspecified atom stereocenters. The first-order valence-corrected chi connectivity index (χ1v) is 14.8. The third kappa shape index (κ3) is 8.19. The minimum Gasteiger partial charge on any atom is -0.478 e. The number of rotatable bonds is 13. The monoisotopic (exact) mass is 613 g/mol. The van der Waals surface area contributed by atoms with Crippen LogP contribution in [0.3, 0.4) is 0 Å². The van der Waals surface area contributed by atoms with Crippen molar-refractivity contribution in [2.24, 2.45) is 0 Å². The van der Waals surface area contributed by atoms with Gasteiger partial charge in [-0.2, -0.15) is 0 Å². The van der Waals surface area contributed by atoms with Gasteiger partial charge in [0.05, 0.1) is 11.3 Å². The lowest BCUT2D eigenvalue weighted by Crippen LogP contribution is -2.24. The highest BCUT2D eigenvalue weighted by molar-refractivity contribution is 5.87. The van der Waals surface area contributed by atoms with Gasteiger partial charge in [-0.25, -0.2) is 9.78 Å². The number of aromatic carboxylic acids is 1. The number of hydrogen-bond donors (Lipinski definition) is 2. The molecule has 0 aliphatic carbocycles. The molecule has 5 aromatic rings. The van der Waals surface area contributed by atoms with Gasteiger partial charge in [-0.3, -0.25) is 0 Å². The molecule has 4 aromatic carbocycles. The van der Waals surface area contributed by atoms with E-state index < -0.39 is 12.3 Å². The lowest BCUT2D eigenvalue weighted by atomic mass is 9.98. The highest BCUT2D eigenvalue weighted by Gasteiger charge is 2.31. The summed E-state index contributed by atoms with van der Waals surface area (Å²) >= 11 is 0. The van der Waals surface area contributed by atoms with E-state index in [1.807, 2.05) is 60.7 Å². The molecule has 0 fully saturated rings. The Hall–Kier alpha value is -4.89. The number of alkyl halides is 3. The number of carboxylic acid groups (broad SMARTS) is 1. The molecule has 9 heteroatoms. The van der Waals surface area contributed by atoms with Crippen molar-refractivity contribution in [3.8, 4) is 28.4 Å². The van der Waals surface area contributed by atoms with E-state index in [4.69, 9.17) is 4.98 Å². The Bertz CT molecular complexity index is 1690. The highest BCUT2D eigenvalue weighted by atomic mass is 19.4. The zero-order chi connectivity index (χ0) is 31.8. The molecule has 1 aromatic heterocycles. The van der Waals surface area contributed by atoms with Crippen LogP contribution in [0.25, 0.3) is 22.6 Å². The normalized spacial score (nSPS) is 12.2. The summed E-state index contributed by atoms with van der Waals surface area (Å²) in [7, 11) is 0. The molecule has 0 aliphatic heterocycles.